The number of carbonyl (C=O) groups is 1. The van der Waals surface area contributed by atoms with Crippen molar-refractivity contribution in [2.24, 2.45) is 0 Å². The number of rotatable bonds is 5. The van der Waals surface area contributed by atoms with Gasteiger partial charge in [0.25, 0.3) is 0 Å². The molecule has 0 radical (unpaired) electrons. The average Bonchev–Trinajstić information content (AvgIpc) is 2.49. The normalized spacial score (nSPS) is 12.0. The van der Waals surface area contributed by atoms with Crippen LogP contribution in [-0.4, -0.2) is 17.6 Å². The Kier molecular flexibility index (Phi) is 5.31. The maximum atomic E-state index is 13.6. The van der Waals surface area contributed by atoms with E-state index in [2.05, 4.69) is 5.32 Å². The van der Waals surface area contributed by atoms with Gasteiger partial charge in [-0.25, -0.2) is 4.39 Å². The predicted molar refractivity (Wildman–Crippen MR) is 79.5 cm³/mol. The molecule has 0 unspecified atom stereocenters. The average molecular weight is 308 g/mol. The molecule has 0 saturated heterocycles. The van der Waals surface area contributed by atoms with Crippen LogP contribution < -0.4 is 5.32 Å². The molecule has 0 aliphatic rings. The lowest BCUT2D eigenvalue weighted by Crippen LogP contribution is -2.32. The Labute approximate surface area is 127 Å². The van der Waals surface area contributed by atoms with Crippen molar-refractivity contribution in [2.75, 3.05) is 6.61 Å². The summed E-state index contributed by atoms with van der Waals surface area (Å²) in [5, 5.41) is 12.3. The van der Waals surface area contributed by atoms with E-state index in [4.69, 9.17) is 11.6 Å². The molecule has 0 aliphatic carbocycles. The van der Waals surface area contributed by atoms with Gasteiger partial charge in [-0.2, -0.15) is 0 Å². The van der Waals surface area contributed by atoms with Gasteiger partial charge < -0.3 is 10.4 Å². The molecule has 5 heteroatoms. The Morgan fingerprint density at radius 2 is 1.90 bits per heavy atom. The maximum absolute atomic E-state index is 13.6. The lowest BCUT2D eigenvalue weighted by molar-refractivity contribution is -0.121. The quantitative estimate of drug-likeness (QED) is 0.892. The first-order valence-corrected chi connectivity index (χ1v) is 6.87. The third-order valence-corrected chi connectivity index (χ3v) is 3.47. The summed E-state index contributed by atoms with van der Waals surface area (Å²) >= 11 is 5.89. The van der Waals surface area contributed by atoms with Gasteiger partial charge in [-0.15, -0.1) is 0 Å². The Hall–Kier alpha value is -1.91. The zero-order valence-electron chi connectivity index (χ0n) is 11.2. The fraction of sp³-hybridized carbons (Fsp3) is 0.188. The highest BCUT2D eigenvalue weighted by Gasteiger charge is 2.16. The van der Waals surface area contributed by atoms with Gasteiger partial charge in [0.05, 0.1) is 19.1 Å². The summed E-state index contributed by atoms with van der Waals surface area (Å²) < 4.78 is 13.6. The van der Waals surface area contributed by atoms with Crippen LogP contribution >= 0.6 is 11.6 Å². The van der Waals surface area contributed by atoms with Crippen LogP contribution in [0.4, 0.5) is 4.39 Å². The standard InChI is InChI=1S/C16H15ClFNO2/c17-13-7-4-8-14(18)12(13)9-16(21)19-15(10-20)11-5-2-1-3-6-11/h1-8,15,20H,9-10H2,(H,19,21)/t15-/m1/s1. The summed E-state index contributed by atoms with van der Waals surface area (Å²) in [5.41, 5.74) is 0.939. The van der Waals surface area contributed by atoms with Crippen molar-refractivity contribution in [1.82, 2.24) is 5.32 Å². The van der Waals surface area contributed by atoms with Gasteiger partial charge in [-0.05, 0) is 17.7 Å². The fourth-order valence-corrected chi connectivity index (χ4v) is 2.26. The molecule has 2 aromatic carbocycles. The topological polar surface area (TPSA) is 49.3 Å². The first-order chi connectivity index (χ1) is 10.1. The van der Waals surface area contributed by atoms with Crippen LogP contribution in [0.5, 0.6) is 0 Å². The maximum Gasteiger partial charge on any atom is 0.225 e. The van der Waals surface area contributed by atoms with Crippen LogP contribution in [0, 0.1) is 5.82 Å². The molecule has 2 rings (SSSR count). The number of hydrogen-bond acceptors (Lipinski definition) is 2. The largest absolute Gasteiger partial charge is 0.394 e. The van der Waals surface area contributed by atoms with Crippen LogP contribution in [0.3, 0.4) is 0 Å². The number of aliphatic hydroxyl groups excluding tert-OH is 1. The zero-order valence-corrected chi connectivity index (χ0v) is 12.0. The minimum Gasteiger partial charge on any atom is -0.394 e. The molecule has 1 atom stereocenters. The number of aliphatic hydroxyl groups is 1. The number of benzene rings is 2. The molecule has 1 amide bonds. The van der Waals surface area contributed by atoms with Crippen LogP contribution in [-0.2, 0) is 11.2 Å². The molecule has 21 heavy (non-hydrogen) atoms. The van der Waals surface area contributed by atoms with E-state index in [0.717, 1.165) is 5.56 Å². The summed E-state index contributed by atoms with van der Waals surface area (Å²) in [7, 11) is 0. The van der Waals surface area contributed by atoms with Crippen molar-refractivity contribution >= 4 is 17.5 Å². The Morgan fingerprint density at radius 1 is 1.19 bits per heavy atom. The Balaban J connectivity index is 2.07. The molecular formula is C16H15ClFNO2. The molecule has 0 spiro atoms. The van der Waals surface area contributed by atoms with Crippen molar-refractivity contribution < 1.29 is 14.3 Å². The first-order valence-electron chi connectivity index (χ1n) is 6.50. The molecule has 3 nitrogen and oxygen atoms in total. The van der Waals surface area contributed by atoms with Gasteiger partial charge in [-0.1, -0.05) is 48.0 Å². The molecule has 2 aromatic rings. The summed E-state index contributed by atoms with van der Waals surface area (Å²) in [5.74, 6) is -0.914. The van der Waals surface area contributed by atoms with E-state index >= 15 is 0 Å². The van der Waals surface area contributed by atoms with Crippen LogP contribution in [0.1, 0.15) is 17.2 Å². The second-order valence-corrected chi connectivity index (χ2v) is 5.00. The molecule has 0 bridgehead atoms. The van der Waals surface area contributed by atoms with Crippen LogP contribution in [0.25, 0.3) is 0 Å². The smallest absolute Gasteiger partial charge is 0.225 e. The highest BCUT2D eigenvalue weighted by atomic mass is 35.5. The first kappa shape index (κ1) is 15.5. The molecule has 0 fully saturated rings. The molecule has 0 aromatic heterocycles. The summed E-state index contributed by atoms with van der Waals surface area (Å²) in [6, 6.07) is 12.8. The summed E-state index contributed by atoms with van der Waals surface area (Å²) in [6.45, 7) is -0.235. The molecular weight excluding hydrogens is 293 g/mol. The Bertz CT molecular complexity index is 599. The monoisotopic (exact) mass is 307 g/mol. The van der Waals surface area contributed by atoms with Crippen molar-refractivity contribution in [2.45, 2.75) is 12.5 Å². The van der Waals surface area contributed by atoms with E-state index < -0.39 is 17.8 Å². The highest BCUT2D eigenvalue weighted by Crippen LogP contribution is 2.20. The number of nitrogens with one attached hydrogen (secondary N) is 1. The van der Waals surface area contributed by atoms with E-state index in [9.17, 15) is 14.3 Å². The van der Waals surface area contributed by atoms with Crippen LogP contribution in [0.15, 0.2) is 48.5 Å². The zero-order chi connectivity index (χ0) is 15.2. The van der Waals surface area contributed by atoms with Gasteiger partial charge in [-0.3, -0.25) is 4.79 Å². The summed E-state index contributed by atoms with van der Waals surface area (Å²) in [4.78, 5) is 12.0. The number of amides is 1. The van der Waals surface area contributed by atoms with E-state index in [0.29, 0.717) is 0 Å². The number of halogens is 2. The van der Waals surface area contributed by atoms with Gasteiger partial charge in [0.15, 0.2) is 0 Å². The van der Waals surface area contributed by atoms with Gasteiger partial charge in [0, 0.05) is 10.6 Å². The fourth-order valence-electron chi connectivity index (χ4n) is 2.03. The second kappa shape index (κ2) is 7.20. The molecule has 0 heterocycles. The van der Waals surface area contributed by atoms with Crippen LogP contribution in [0.2, 0.25) is 5.02 Å². The van der Waals surface area contributed by atoms with Gasteiger partial charge in [0.1, 0.15) is 5.82 Å². The van der Waals surface area contributed by atoms with Crippen molar-refractivity contribution in [3.05, 3.63) is 70.5 Å². The van der Waals surface area contributed by atoms with E-state index in [1.54, 1.807) is 12.1 Å². The third-order valence-electron chi connectivity index (χ3n) is 3.12. The Morgan fingerprint density at radius 3 is 2.52 bits per heavy atom. The van der Waals surface area contributed by atoms with Crippen molar-refractivity contribution in [3.8, 4) is 0 Å². The van der Waals surface area contributed by atoms with Crippen molar-refractivity contribution in [3.63, 3.8) is 0 Å². The lowest BCUT2D eigenvalue weighted by atomic mass is 10.1. The highest BCUT2D eigenvalue weighted by molar-refractivity contribution is 6.31. The second-order valence-electron chi connectivity index (χ2n) is 4.59. The van der Waals surface area contributed by atoms with Crippen molar-refractivity contribution in [1.29, 1.82) is 0 Å². The third kappa shape index (κ3) is 4.03. The number of hydrogen-bond donors (Lipinski definition) is 2. The molecule has 2 N–H and O–H groups in total. The minimum absolute atomic E-state index is 0.154. The molecule has 110 valence electrons. The lowest BCUT2D eigenvalue weighted by Gasteiger charge is -2.17. The van der Waals surface area contributed by atoms with Gasteiger partial charge >= 0.3 is 0 Å². The van der Waals surface area contributed by atoms with E-state index in [1.807, 2.05) is 18.2 Å². The molecule has 0 saturated carbocycles. The van der Waals surface area contributed by atoms with E-state index in [1.165, 1.54) is 18.2 Å². The van der Waals surface area contributed by atoms with E-state index in [-0.39, 0.29) is 23.6 Å². The minimum atomic E-state index is -0.524. The number of carbonyl (C=O) groups excluding carboxylic acids is 1. The molecule has 0 aliphatic heterocycles. The SMILES string of the molecule is O=C(Cc1c(F)cccc1Cl)N[C@H](CO)c1ccccc1. The summed E-state index contributed by atoms with van der Waals surface area (Å²) in [6.07, 6.45) is -0.172. The predicted octanol–water partition coefficient (Wildman–Crippen LogP) is 2.87. The van der Waals surface area contributed by atoms with Gasteiger partial charge in [0.2, 0.25) is 5.91 Å².